The molecule has 3 heterocycles. The predicted octanol–water partition coefficient (Wildman–Crippen LogP) is 6.79. The zero-order chi connectivity index (χ0) is 48.1. The van der Waals surface area contributed by atoms with Gasteiger partial charge in [0.25, 0.3) is 0 Å². The predicted molar refractivity (Wildman–Crippen MR) is 292 cm³/mol. The third-order valence-corrected chi connectivity index (χ3v) is 13.5. The summed E-state index contributed by atoms with van der Waals surface area (Å²) in [6.07, 6.45) is 20.9. The van der Waals surface area contributed by atoms with Crippen LogP contribution in [0.5, 0.6) is 0 Å². The first-order chi connectivity index (χ1) is 31.8. The largest absolute Gasteiger partial charge is 0.306 e. The number of benzene rings is 4. The Morgan fingerprint density at radius 1 is 0.567 bits per heavy atom. The fraction of sp³-hybridized carbons (Fsp3) is 0.239. The van der Waals surface area contributed by atoms with Gasteiger partial charge in [0.2, 0.25) is 0 Å². The summed E-state index contributed by atoms with van der Waals surface area (Å²) in [5.41, 5.74) is 19.2. The van der Waals surface area contributed by atoms with Gasteiger partial charge in [0, 0.05) is 119 Å². The Labute approximate surface area is 433 Å². The van der Waals surface area contributed by atoms with E-state index in [0.29, 0.717) is 0 Å². The van der Waals surface area contributed by atoms with Crippen LogP contribution < -0.4 is 0 Å². The maximum Gasteiger partial charge on any atom is 0.150 e. The van der Waals surface area contributed by atoms with Gasteiger partial charge in [-0.1, -0.05) is 47.8 Å². The first kappa shape index (κ1) is 55.4. The lowest BCUT2D eigenvalue weighted by molar-refractivity contribution is 0.112. The summed E-state index contributed by atoms with van der Waals surface area (Å²) in [7, 11) is 32.0. The molecule has 3 aromatic heterocycles. The smallest absolute Gasteiger partial charge is 0.150 e. The van der Waals surface area contributed by atoms with E-state index in [9.17, 15) is 4.79 Å². The standard InChI is InChI=1S/C13H11N3.C13H12N2O.C12H11BrN2.C8H6Br2.B4.B3.B2.B/c1-9-7-16(8-15-9)13-5-2-10(6-14)11-3-4-12(11)13;1-9-6-15(8-14-9)13-5-2-10(7-16)11-3-4-12(11)13;1-8-6-15(7-14-8)12-5-4-11(13)9-2-3-10(9)12;9-7-3-4-8(10)6-2-1-5(6)7;1-4(2)3;1-3-2;1-2;/h2,5,7-8H,3-4H2,1H3;2,5-8H,3-4H2,1H3;4-7H,2-3H2,1H3;3-4H,1-2H2;;;;. The number of hydrogen-bond donors (Lipinski definition) is 0. The van der Waals surface area contributed by atoms with Gasteiger partial charge in [-0.2, -0.15) is 5.26 Å². The molecule has 4 aliphatic rings. The SMILES string of the molecule is Brc1ccc(Br)c2c1CC2.Cc1cn(-c2ccc(Br)c3c2CC3)cn1.Cc1cn(-c2ccc(C#N)c3c2CC3)cn1.Cc1cn(-c2ccc(C=O)c3c2CC3)cn1.[B].[B]B([B])[B].[B][B].[B][B][B]. The van der Waals surface area contributed by atoms with Crippen molar-refractivity contribution in [3.05, 3.63) is 172 Å². The Balaban J connectivity index is 0.000000185. The highest BCUT2D eigenvalue weighted by molar-refractivity contribution is 9.11. The lowest BCUT2D eigenvalue weighted by Crippen LogP contribution is -2.15. The molecule has 8 nitrogen and oxygen atoms in total. The third-order valence-electron chi connectivity index (χ3n) is 11.2. The lowest BCUT2D eigenvalue weighted by atomic mass is 9.08. The summed E-state index contributed by atoms with van der Waals surface area (Å²) in [6.45, 7) is 5.97. The molecular weight excluding hydrogens is 1010 g/mol. The number of hydrogen-bond acceptors (Lipinski definition) is 5. The Bertz CT molecular complexity index is 2790. The summed E-state index contributed by atoms with van der Waals surface area (Å²) in [4.78, 5) is 23.6. The first-order valence-corrected chi connectivity index (χ1v) is 23.4. The second-order valence-corrected chi connectivity index (χ2v) is 18.1. The zero-order valence-electron chi connectivity index (χ0n) is 37.8. The lowest BCUT2D eigenvalue weighted by Gasteiger charge is -2.24. The number of aryl methyl sites for hydroxylation is 3. The van der Waals surface area contributed by atoms with Gasteiger partial charge in [0.05, 0.1) is 59.1 Å². The van der Waals surface area contributed by atoms with Crippen molar-refractivity contribution in [1.29, 1.82) is 5.26 Å². The van der Waals surface area contributed by atoms with Gasteiger partial charge < -0.3 is 13.7 Å². The molecule has 67 heavy (non-hydrogen) atoms. The van der Waals surface area contributed by atoms with E-state index in [1.807, 2.05) is 85.5 Å². The zero-order valence-corrected chi connectivity index (χ0v) is 42.5. The van der Waals surface area contributed by atoms with Crippen LogP contribution in [0.4, 0.5) is 0 Å². The molecule has 0 aliphatic heterocycles. The van der Waals surface area contributed by atoms with E-state index in [-0.39, 0.29) is 8.41 Å². The molecule has 4 aromatic carbocycles. The van der Waals surface area contributed by atoms with Crippen LogP contribution in [0.15, 0.2) is 99.5 Å². The molecule has 21 heteroatoms. The topological polar surface area (TPSA) is 94.3 Å². The number of fused-ring (bicyclic) bond motifs is 4. The normalized spacial score (nSPS) is 11.9. The highest BCUT2D eigenvalue weighted by Crippen LogP contribution is 2.37. The number of halogens is 3. The van der Waals surface area contributed by atoms with E-state index in [1.165, 1.54) is 95.0 Å². The number of nitriles is 1. The summed E-state index contributed by atoms with van der Waals surface area (Å²) in [6, 6.07) is 18.5. The van der Waals surface area contributed by atoms with Gasteiger partial charge in [-0.15, -0.1) is 0 Å². The number of rotatable bonds is 4. The molecule has 0 unspecified atom stereocenters. The fourth-order valence-corrected chi connectivity index (χ4v) is 9.50. The van der Waals surface area contributed by atoms with Crippen LogP contribution in [0.25, 0.3) is 17.1 Å². The molecule has 0 saturated heterocycles. The van der Waals surface area contributed by atoms with Gasteiger partial charge in [0.1, 0.15) is 6.29 Å². The second kappa shape index (κ2) is 26.5. The molecule has 0 atom stereocenters. The van der Waals surface area contributed by atoms with Crippen molar-refractivity contribution in [2.24, 2.45) is 0 Å². The number of carbonyl (C=O) groups excluding carboxylic acids is 1. The van der Waals surface area contributed by atoms with Crippen molar-refractivity contribution >= 4 is 130 Å². The monoisotopic (exact) mass is 1050 g/mol. The minimum atomic E-state index is -0.667. The van der Waals surface area contributed by atoms with Crippen molar-refractivity contribution < 1.29 is 4.79 Å². The molecule has 7 aromatic rings. The number of nitrogens with zero attached hydrogens (tertiary/aromatic N) is 7. The van der Waals surface area contributed by atoms with Gasteiger partial charge in [-0.3, -0.25) is 4.79 Å². The van der Waals surface area contributed by atoms with Gasteiger partial charge >= 0.3 is 0 Å². The quantitative estimate of drug-likeness (QED) is 0.143. The Morgan fingerprint density at radius 3 is 1.18 bits per heavy atom. The third kappa shape index (κ3) is 13.7. The minimum Gasteiger partial charge on any atom is -0.306 e. The van der Waals surface area contributed by atoms with Gasteiger partial charge in [0.15, 0.2) is 0 Å². The fourth-order valence-electron chi connectivity index (χ4n) is 7.79. The van der Waals surface area contributed by atoms with Crippen molar-refractivity contribution in [1.82, 2.24) is 28.7 Å². The minimum absolute atomic E-state index is 0. The number of carbonyl (C=O) groups is 1. The molecule has 0 spiro atoms. The maximum absolute atomic E-state index is 10.8. The Hall–Kier alpha value is -4.24. The van der Waals surface area contributed by atoms with E-state index in [1.54, 1.807) is 0 Å². The van der Waals surface area contributed by atoms with Crippen molar-refractivity contribution in [3.8, 4) is 23.1 Å². The summed E-state index contributed by atoms with van der Waals surface area (Å²) >= 11 is 10.6. The molecule has 4 aliphatic carbocycles. The maximum atomic E-state index is 10.8. The summed E-state index contributed by atoms with van der Waals surface area (Å²) < 4.78 is 9.94. The van der Waals surface area contributed by atoms with Crippen LogP contribution in [-0.2, 0) is 51.4 Å². The van der Waals surface area contributed by atoms with Crippen LogP contribution in [0.3, 0.4) is 0 Å². The van der Waals surface area contributed by atoms with Crippen LogP contribution in [-0.4, -0.2) is 111 Å². The number of aromatic nitrogens is 6. The summed E-state index contributed by atoms with van der Waals surface area (Å²) in [5, 5.41) is 8.97. The molecule has 0 N–H and O–H groups in total. The average Bonchev–Trinajstić information content (AvgIpc) is 4.00. The van der Waals surface area contributed by atoms with Crippen molar-refractivity contribution in [2.45, 2.75) is 72.1 Å². The number of imidazole rings is 3. The van der Waals surface area contributed by atoms with Crippen LogP contribution in [0, 0.1) is 32.1 Å². The van der Waals surface area contributed by atoms with Gasteiger partial charge in [-0.25, -0.2) is 15.0 Å². The average molecular weight is 1050 g/mol. The highest BCUT2D eigenvalue weighted by Gasteiger charge is 2.24. The molecule has 0 bridgehead atoms. The molecule has 0 amide bonds. The second-order valence-electron chi connectivity index (χ2n) is 15.5. The van der Waals surface area contributed by atoms with Crippen LogP contribution >= 0.6 is 47.8 Å². The molecule has 0 saturated carbocycles. The summed E-state index contributed by atoms with van der Waals surface area (Å²) in [5.74, 6) is 0. The van der Waals surface area contributed by atoms with E-state index in [0.717, 1.165) is 72.9 Å². The number of aldehydes is 1. The van der Waals surface area contributed by atoms with Gasteiger partial charge in [-0.05, 0) is 165 Å². The van der Waals surface area contributed by atoms with E-state index in [4.69, 9.17) is 5.26 Å². The van der Waals surface area contributed by atoms with E-state index in [2.05, 4.69) is 158 Å². The van der Waals surface area contributed by atoms with Crippen LogP contribution in [0.2, 0.25) is 0 Å². The molecule has 18 radical (unpaired) electrons. The Morgan fingerprint density at radius 2 is 0.866 bits per heavy atom. The highest BCUT2D eigenvalue weighted by atomic mass is 79.9. The van der Waals surface area contributed by atoms with Crippen molar-refractivity contribution in [2.75, 3.05) is 0 Å². The molecule has 316 valence electrons. The van der Waals surface area contributed by atoms with E-state index < -0.39 is 6.39 Å². The molecule has 0 fully saturated rings. The van der Waals surface area contributed by atoms with Crippen LogP contribution in [0.1, 0.15) is 77.5 Å². The van der Waals surface area contributed by atoms with E-state index >= 15 is 0 Å². The Kier molecular flexibility index (Phi) is 21.9. The molecule has 11 rings (SSSR count). The van der Waals surface area contributed by atoms with Crippen molar-refractivity contribution in [3.63, 3.8) is 0 Å². The molecular formula is C46H40B10Br3N7O. The first-order valence-electron chi connectivity index (χ1n) is 21.1.